The van der Waals surface area contributed by atoms with Gasteiger partial charge in [-0.2, -0.15) is 0 Å². The molecule has 0 saturated carbocycles. The molecule has 1 amide bonds. The average Bonchev–Trinajstić information content (AvgIpc) is 3.20. The van der Waals surface area contributed by atoms with Gasteiger partial charge < -0.3 is 14.5 Å². The van der Waals surface area contributed by atoms with Crippen LogP contribution in [0.4, 0.5) is 0 Å². The highest BCUT2D eigenvalue weighted by molar-refractivity contribution is 7.89. The van der Waals surface area contributed by atoms with Crippen LogP contribution in [0.3, 0.4) is 0 Å². The Hall–Kier alpha value is -2.69. The number of rotatable bonds is 8. The van der Waals surface area contributed by atoms with Gasteiger partial charge in [0.05, 0.1) is 29.9 Å². The fraction of sp³-hybridized carbons (Fsp3) is 0.294. The van der Waals surface area contributed by atoms with Crippen molar-refractivity contribution in [1.82, 2.24) is 9.79 Å². The zero-order chi connectivity index (χ0) is 20.0. The number of esters is 1. The Bertz CT molecular complexity index is 877. The van der Waals surface area contributed by atoms with Crippen LogP contribution in [0.2, 0.25) is 0 Å². The number of hydrogen-bond acceptors (Lipinski definition) is 7. The fourth-order valence-electron chi connectivity index (χ4n) is 2.12. The second-order valence-corrected chi connectivity index (χ2v) is 7.44. The van der Waals surface area contributed by atoms with E-state index in [2.05, 4.69) is 10.2 Å². The van der Waals surface area contributed by atoms with E-state index in [1.807, 2.05) is 0 Å². The summed E-state index contributed by atoms with van der Waals surface area (Å²) >= 11 is 0. The van der Waals surface area contributed by atoms with Crippen molar-refractivity contribution in [3.63, 3.8) is 0 Å². The third kappa shape index (κ3) is 5.16. The lowest BCUT2D eigenvalue weighted by Gasteiger charge is -2.14. The lowest BCUT2D eigenvalue weighted by molar-refractivity contribution is -0.125. The van der Waals surface area contributed by atoms with Crippen LogP contribution in [0.5, 0.6) is 0 Å². The van der Waals surface area contributed by atoms with E-state index in [0.717, 1.165) is 0 Å². The van der Waals surface area contributed by atoms with E-state index < -0.39 is 28.5 Å². The molecule has 1 heterocycles. The van der Waals surface area contributed by atoms with E-state index in [1.165, 1.54) is 44.7 Å². The first-order valence-electron chi connectivity index (χ1n) is 7.88. The van der Waals surface area contributed by atoms with Crippen LogP contribution < -0.4 is 5.32 Å². The van der Waals surface area contributed by atoms with Crippen molar-refractivity contribution >= 4 is 21.9 Å². The maximum absolute atomic E-state index is 12.1. The minimum Gasteiger partial charge on any atom is -0.467 e. The quantitative estimate of drug-likeness (QED) is 0.531. The zero-order valence-electron chi connectivity index (χ0n) is 15.0. The van der Waals surface area contributed by atoms with Gasteiger partial charge in [-0.3, -0.25) is 9.63 Å². The second kappa shape index (κ2) is 8.80. The summed E-state index contributed by atoms with van der Waals surface area (Å²) in [6, 6.07) is 8.14. The molecule has 0 fully saturated rings. The molecule has 2 aromatic rings. The van der Waals surface area contributed by atoms with Crippen LogP contribution in [0.25, 0.3) is 0 Å². The van der Waals surface area contributed by atoms with Crippen LogP contribution >= 0.6 is 0 Å². The second-order valence-electron chi connectivity index (χ2n) is 5.50. The van der Waals surface area contributed by atoms with Gasteiger partial charge in [0.1, 0.15) is 5.76 Å². The van der Waals surface area contributed by atoms with Crippen molar-refractivity contribution in [3.05, 3.63) is 54.0 Å². The predicted molar refractivity (Wildman–Crippen MR) is 93.9 cm³/mol. The van der Waals surface area contributed by atoms with Crippen LogP contribution in [0.15, 0.2) is 52.0 Å². The Morgan fingerprint density at radius 2 is 1.89 bits per heavy atom. The Morgan fingerprint density at radius 1 is 1.22 bits per heavy atom. The van der Waals surface area contributed by atoms with Crippen molar-refractivity contribution in [3.8, 4) is 0 Å². The number of carbonyl (C=O) groups excluding carboxylic acids is 2. The molecule has 1 atom stereocenters. The lowest BCUT2D eigenvalue weighted by atomic mass is 10.2. The molecule has 0 aliphatic heterocycles. The van der Waals surface area contributed by atoms with E-state index in [1.54, 1.807) is 19.1 Å². The highest BCUT2D eigenvalue weighted by atomic mass is 32.2. The summed E-state index contributed by atoms with van der Waals surface area (Å²) in [5.41, 5.74) is 0.112. The van der Waals surface area contributed by atoms with Crippen molar-refractivity contribution in [2.24, 2.45) is 0 Å². The molecule has 2 rings (SSSR count). The molecule has 0 unspecified atom stereocenters. The zero-order valence-corrected chi connectivity index (χ0v) is 15.9. The molecule has 0 radical (unpaired) electrons. The minimum absolute atomic E-state index is 0.0478. The summed E-state index contributed by atoms with van der Waals surface area (Å²) in [5, 5.41) is 2.63. The number of carbonyl (C=O) groups is 2. The number of benzene rings is 1. The summed E-state index contributed by atoms with van der Waals surface area (Å²) in [7, 11) is -1.33. The molecule has 1 aromatic carbocycles. The van der Waals surface area contributed by atoms with E-state index in [0.29, 0.717) is 10.2 Å². The van der Waals surface area contributed by atoms with Gasteiger partial charge in [0.25, 0.3) is 15.9 Å². The Morgan fingerprint density at radius 3 is 2.44 bits per heavy atom. The highest BCUT2D eigenvalue weighted by Gasteiger charge is 2.21. The van der Waals surface area contributed by atoms with Crippen LogP contribution in [0, 0.1) is 0 Å². The van der Waals surface area contributed by atoms with Crippen molar-refractivity contribution in [1.29, 1.82) is 0 Å². The molecule has 146 valence electrons. The lowest BCUT2D eigenvalue weighted by Crippen LogP contribution is -2.31. The first-order chi connectivity index (χ1) is 12.8. The summed E-state index contributed by atoms with van der Waals surface area (Å²) in [6.07, 6.45) is 1.49. The van der Waals surface area contributed by atoms with Crippen molar-refractivity contribution in [2.75, 3.05) is 20.8 Å². The molecular weight excluding hydrogens is 376 g/mol. The number of hydrogen-bond donors (Lipinski definition) is 1. The molecule has 0 bridgehead atoms. The number of amides is 1. The predicted octanol–water partition coefficient (Wildman–Crippen LogP) is 1.50. The molecule has 0 aliphatic rings. The third-order valence-electron chi connectivity index (χ3n) is 3.67. The van der Waals surface area contributed by atoms with Gasteiger partial charge in [-0.05, 0) is 43.3 Å². The average molecular weight is 396 g/mol. The van der Waals surface area contributed by atoms with Gasteiger partial charge >= 0.3 is 5.97 Å². The fourth-order valence-corrected chi connectivity index (χ4v) is 3.09. The largest absolute Gasteiger partial charge is 0.467 e. The molecule has 0 spiro atoms. The molecule has 27 heavy (non-hydrogen) atoms. The highest BCUT2D eigenvalue weighted by Crippen LogP contribution is 2.16. The molecule has 0 saturated heterocycles. The summed E-state index contributed by atoms with van der Waals surface area (Å²) in [4.78, 5) is 28.5. The number of furan rings is 1. The third-order valence-corrected chi connectivity index (χ3v) is 5.36. The summed E-state index contributed by atoms with van der Waals surface area (Å²) in [6.45, 7) is 1.26. The van der Waals surface area contributed by atoms with E-state index in [9.17, 15) is 18.0 Å². The van der Waals surface area contributed by atoms with Gasteiger partial charge in [0, 0.05) is 7.05 Å². The smallest absolute Gasteiger partial charge is 0.338 e. The summed E-state index contributed by atoms with van der Waals surface area (Å²) in [5.74, 6) is -0.666. The number of nitrogens with zero attached hydrogens (tertiary/aromatic N) is 1. The monoisotopic (exact) mass is 396 g/mol. The SMILES string of the molecule is CON(C)S(=O)(=O)c1ccc(C(=O)OCC(=O)N[C@H](C)c2ccco2)cc1. The van der Waals surface area contributed by atoms with Crippen LogP contribution in [-0.4, -0.2) is 45.5 Å². The number of sulfonamides is 1. The van der Waals surface area contributed by atoms with E-state index in [-0.39, 0.29) is 16.5 Å². The summed E-state index contributed by atoms with van der Waals surface area (Å²) < 4.78 is 35.0. The van der Waals surface area contributed by atoms with Crippen LogP contribution in [0.1, 0.15) is 29.1 Å². The van der Waals surface area contributed by atoms with Gasteiger partial charge in [-0.1, -0.05) is 4.47 Å². The standard InChI is InChI=1S/C17H20N2O7S/c1-12(15-5-4-10-25-15)18-16(20)11-26-17(21)13-6-8-14(9-7-13)27(22,23)19(2)24-3/h4-10,12H,11H2,1-3H3,(H,18,20)/t12-/m1/s1. The van der Waals surface area contributed by atoms with Crippen LogP contribution in [-0.2, 0) is 24.4 Å². The van der Waals surface area contributed by atoms with Gasteiger partial charge in [-0.25, -0.2) is 13.2 Å². The minimum atomic E-state index is -3.81. The van der Waals surface area contributed by atoms with Crippen molar-refractivity contribution < 1.29 is 32.0 Å². The molecular formula is C17H20N2O7S. The maximum Gasteiger partial charge on any atom is 0.338 e. The van der Waals surface area contributed by atoms with Gasteiger partial charge in [0.2, 0.25) is 0 Å². The normalized spacial score (nSPS) is 12.6. The Labute approximate surface area is 156 Å². The van der Waals surface area contributed by atoms with Crippen molar-refractivity contribution in [2.45, 2.75) is 17.9 Å². The molecule has 9 nitrogen and oxygen atoms in total. The van der Waals surface area contributed by atoms with Gasteiger partial charge in [-0.15, -0.1) is 0 Å². The first kappa shape index (κ1) is 20.6. The van der Waals surface area contributed by atoms with E-state index >= 15 is 0 Å². The first-order valence-corrected chi connectivity index (χ1v) is 9.32. The van der Waals surface area contributed by atoms with Gasteiger partial charge in [0.15, 0.2) is 6.61 Å². The number of hydroxylamine groups is 1. The Balaban J connectivity index is 1.91. The maximum atomic E-state index is 12.1. The molecule has 1 aromatic heterocycles. The molecule has 1 N–H and O–H groups in total. The number of ether oxygens (including phenoxy) is 1. The molecule has 0 aliphatic carbocycles. The van der Waals surface area contributed by atoms with E-state index in [4.69, 9.17) is 9.15 Å². The molecule has 10 heteroatoms. The number of nitrogens with one attached hydrogen (secondary N) is 1. The topological polar surface area (TPSA) is 115 Å². The Kier molecular flexibility index (Phi) is 6.72.